The molecule has 1 saturated heterocycles. The van der Waals surface area contributed by atoms with E-state index < -0.39 is 27.0 Å². The summed E-state index contributed by atoms with van der Waals surface area (Å²) in [5, 5.41) is 12.5. The number of carboxylic acids is 1. The van der Waals surface area contributed by atoms with E-state index in [-0.39, 0.29) is 24.6 Å². The summed E-state index contributed by atoms with van der Waals surface area (Å²) >= 11 is 1.35. The lowest BCUT2D eigenvalue weighted by atomic mass is 9.98. The fourth-order valence-corrected chi connectivity index (χ4v) is 6.96. The summed E-state index contributed by atoms with van der Waals surface area (Å²) < 4.78 is 30.1. The Hall–Kier alpha value is -1.61. The van der Waals surface area contributed by atoms with Gasteiger partial charge in [-0.15, -0.1) is 23.7 Å². The van der Waals surface area contributed by atoms with Crippen LogP contribution in [0.3, 0.4) is 0 Å². The van der Waals surface area contributed by atoms with E-state index in [9.17, 15) is 18.3 Å². The summed E-state index contributed by atoms with van der Waals surface area (Å²) in [6, 6.07) is 11.2. The van der Waals surface area contributed by atoms with E-state index >= 15 is 0 Å². The SMILES string of the molecule is CCOc1ccc(-c2ccc(C3(CC(=O)O)CCNCCS3(=O)=O)s2)cc1.Cl. The van der Waals surface area contributed by atoms with Crippen molar-refractivity contribution < 1.29 is 23.1 Å². The van der Waals surface area contributed by atoms with Crippen LogP contribution < -0.4 is 10.1 Å². The fraction of sp³-hybridized carbons (Fsp3) is 0.421. The van der Waals surface area contributed by atoms with Crippen molar-refractivity contribution in [3.63, 3.8) is 0 Å². The average Bonchev–Trinajstić information content (AvgIpc) is 3.06. The Bertz CT molecular complexity index is 911. The molecule has 154 valence electrons. The number of rotatable bonds is 6. The van der Waals surface area contributed by atoms with Crippen LogP contribution >= 0.6 is 23.7 Å². The molecule has 1 aliphatic rings. The molecule has 0 saturated carbocycles. The number of benzene rings is 1. The van der Waals surface area contributed by atoms with Crippen LogP contribution in [-0.4, -0.2) is 44.9 Å². The molecule has 1 unspecified atom stereocenters. The van der Waals surface area contributed by atoms with Crippen LogP contribution in [0.4, 0.5) is 0 Å². The van der Waals surface area contributed by atoms with Crippen molar-refractivity contribution in [2.24, 2.45) is 0 Å². The van der Waals surface area contributed by atoms with Gasteiger partial charge in [-0.1, -0.05) is 0 Å². The minimum Gasteiger partial charge on any atom is -0.494 e. The molecule has 1 aliphatic heterocycles. The lowest BCUT2D eigenvalue weighted by Crippen LogP contribution is -2.39. The summed E-state index contributed by atoms with van der Waals surface area (Å²) in [5.74, 6) is -0.384. The summed E-state index contributed by atoms with van der Waals surface area (Å²) in [4.78, 5) is 13.0. The number of thiophene rings is 1. The monoisotopic (exact) mass is 445 g/mol. The van der Waals surface area contributed by atoms with E-state index in [0.29, 0.717) is 24.6 Å². The number of halogens is 1. The summed E-state index contributed by atoms with van der Waals surface area (Å²) in [6.07, 6.45) is -0.162. The molecule has 0 spiro atoms. The molecule has 1 atom stereocenters. The number of ether oxygens (including phenoxy) is 1. The van der Waals surface area contributed by atoms with Crippen LogP contribution in [-0.2, 0) is 19.4 Å². The van der Waals surface area contributed by atoms with Crippen molar-refractivity contribution in [2.75, 3.05) is 25.4 Å². The molecule has 0 amide bonds. The second-order valence-electron chi connectivity index (χ2n) is 6.50. The quantitative estimate of drug-likeness (QED) is 0.708. The Labute approximate surface area is 175 Å². The first-order valence-electron chi connectivity index (χ1n) is 8.86. The van der Waals surface area contributed by atoms with Gasteiger partial charge >= 0.3 is 5.97 Å². The van der Waals surface area contributed by atoms with Gasteiger partial charge in [-0.3, -0.25) is 4.79 Å². The molecule has 2 heterocycles. The number of sulfone groups is 1. The highest BCUT2D eigenvalue weighted by Crippen LogP contribution is 2.44. The molecule has 3 rings (SSSR count). The minimum absolute atomic E-state index is 0. The molecule has 6 nitrogen and oxygen atoms in total. The minimum atomic E-state index is -3.61. The maximum Gasteiger partial charge on any atom is 0.305 e. The van der Waals surface area contributed by atoms with Gasteiger partial charge < -0.3 is 15.2 Å². The van der Waals surface area contributed by atoms with Gasteiger partial charge in [0.1, 0.15) is 10.5 Å². The highest BCUT2D eigenvalue weighted by Gasteiger charge is 2.48. The van der Waals surface area contributed by atoms with E-state index in [4.69, 9.17) is 4.74 Å². The van der Waals surface area contributed by atoms with E-state index in [1.807, 2.05) is 37.3 Å². The van der Waals surface area contributed by atoms with Crippen LogP contribution in [0, 0.1) is 0 Å². The Morgan fingerprint density at radius 3 is 2.57 bits per heavy atom. The molecule has 1 aromatic heterocycles. The van der Waals surface area contributed by atoms with Gasteiger partial charge in [0.25, 0.3) is 0 Å². The second kappa shape index (κ2) is 9.26. The largest absolute Gasteiger partial charge is 0.494 e. The van der Waals surface area contributed by atoms with Gasteiger partial charge in [-0.25, -0.2) is 8.42 Å². The first kappa shape index (κ1) is 22.7. The normalized spacial score (nSPS) is 21.3. The van der Waals surface area contributed by atoms with E-state index in [0.717, 1.165) is 16.2 Å². The van der Waals surface area contributed by atoms with Crippen molar-refractivity contribution in [2.45, 2.75) is 24.5 Å². The van der Waals surface area contributed by atoms with Gasteiger partial charge in [0.15, 0.2) is 9.84 Å². The number of aliphatic carboxylic acids is 1. The third-order valence-corrected chi connectivity index (χ3v) is 8.76. The van der Waals surface area contributed by atoms with E-state index in [1.165, 1.54) is 11.3 Å². The third-order valence-electron chi connectivity index (χ3n) is 4.79. The topological polar surface area (TPSA) is 92.7 Å². The lowest BCUT2D eigenvalue weighted by molar-refractivity contribution is -0.137. The molecule has 28 heavy (non-hydrogen) atoms. The van der Waals surface area contributed by atoms with Crippen molar-refractivity contribution in [1.82, 2.24) is 5.32 Å². The predicted octanol–water partition coefficient (Wildman–Crippen LogP) is 3.31. The molecule has 2 aromatic rings. The highest BCUT2D eigenvalue weighted by molar-refractivity contribution is 7.92. The zero-order valence-electron chi connectivity index (χ0n) is 15.5. The molecule has 1 aromatic carbocycles. The van der Waals surface area contributed by atoms with Crippen LogP contribution in [0.15, 0.2) is 36.4 Å². The van der Waals surface area contributed by atoms with Gasteiger partial charge in [-0.05, 0) is 61.9 Å². The standard InChI is InChI=1S/C19H23NO5S2.ClH/c1-2-25-15-5-3-14(4-6-15)16-7-8-17(26-16)19(13-18(21)22)9-10-20-11-12-27(19,23)24;/h3-8,20H,2,9-13H2,1H3,(H,21,22);1H. The third kappa shape index (κ3) is 4.51. The van der Waals surface area contributed by atoms with Crippen LogP contribution in [0.1, 0.15) is 24.6 Å². The Kier molecular flexibility index (Phi) is 7.50. The lowest BCUT2D eigenvalue weighted by Gasteiger charge is -2.29. The number of carboxylic acid groups (broad SMARTS) is 1. The maximum atomic E-state index is 13.0. The summed E-state index contributed by atoms with van der Waals surface area (Å²) in [6.45, 7) is 3.33. The molecule has 0 aliphatic carbocycles. The molecule has 1 fully saturated rings. The summed E-state index contributed by atoms with van der Waals surface area (Å²) in [5.41, 5.74) is 0.948. The van der Waals surface area contributed by atoms with Crippen molar-refractivity contribution in [3.8, 4) is 16.2 Å². The average molecular weight is 446 g/mol. The predicted molar refractivity (Wildman–Crippen MR) is 113 cm³/mol. The molecular formula is C19H24ClNO5S2. The Balaban J connectivity index is 0.00000280. The molecule has 0 radical (unpaired) electrons. The van der Waals surface area contributed by atoms with Crippen molar-refractivity contribution in [1.29, 1.82) is 0 Å². The van der Waals surface area contributed by atoms with Crippen LogP contribution in [0.5, 0.6) is 5.75 Å². The smallest absolute Gasteiger partial charge is 0.305 e. The summed E-state index contributed by atoms with van der Waals surface area (Å²) in [7, 11) is -3.61. The number of nitrogens with one attached hydrogen (secondary N) is 1. The van der Waals surface area contributed by atoms with Crippen molar-refractivity contribution >= 4 is 39.6 Å². The zero-order valence-corrected chi connectivity index (χ0v) is 18.0. The maximum absolute atomic E-state index is 13.0. The fourth-order valence-electron chi connectivity index (χ4n) is 3.40. The zero-order chi connectivity index (χ0) is 19.5. The number of hydrogen-bond donors (Lipinski definition) is 2. The molecule has 9 heteroatoms. The Morgan fingerprint density at radius 1 is 1.21 bits per heavy atom. The van der Waals surface area contributed by atoms with Gasteiger partial charge in [0, 0.05) is 16.3 Å². The van der Waals surface area contributed by atoms with Crippen molar-refractivity contribution in [3.05, 3.63) is 41.3 Å². The first-order chi connectivity index (χ1) is 12.9. The molecule has 0 bridgehead atoms. The van der Waals surface area contributed by atoms with Crippen LogP contribution in [0.25, 0.3) is 10.4 Å². The first-order valence-corrected chi connectivity index (χ1v) is 11.3. The number of hydrogen-bond acceptors (Lipinski definition) is 6. The van der Waals surface area contributed by atoms with E-state index in [2.05, 4.69) is 5.32 Å². The van der Waals surface area contributed by atoms with Gasteiger partial charge in [-0.2, -0.15) is 0 Å². The van der Waals surface area contributed by atoms with Crippen LogP contribution in [0.2, 0.25) is 0 Å². The Morgan fingerprint density at radius 2 is 1.93 bits per heavy atom. The molecule has 2 N–H and O–H groups in total. The van der Waals surface area contributed by atoms with Gasteiger partial charge in [0.2, 0.25) is 0 Å². The highest BCUT2D eigenvalue weighted by atomic mass is 35.5. The van der Waals surface area contributed by atoms with E-state index in [1.54, 1.807) is 6.07 Å². The number of carbonyl (C=O) groups is 1. The molecular weight excluding hydrogens is 422 g/mol. The second-order valence-corrected chi connectivity index (χ2v) is 10.0. The van der Waals surface area contributed by atoms with Gasteiger partial charge in [0.05, 0.1) is 18.8 Å².